The van der Waals surface area contributed by atoms with Crippen LogP contribution in [0.3, 0.4) is 0 Å². The highest BCUT2D eigenvalue weighted by atomic mass is 32.2. The number of rotatable bonds is 6. The standard InChI is InChI=1S/C30H19F3N2O4S3.H3N/c1-16-6-12-23-26(27(16)42(37,38)39)41-29(35-23)19-11-13-22-25(15-19)40-28(34-22)18-9-7-17(8-10-18)14-24(36)20-4-2-3-5-21(20)30(31,32)33;/h2-13,15H,14H2,1H3,(H,37,38,39);1H3. The quantitative estimate of drug-likeness (QED) is 0.138. The van der Waals surface area contributed by atoms with Crippen molar-refractivity contribution in [1.82, 2.24) is 16.1 Å². The van der Waals surface area contributed by atoms with Crippen LogP contribution in [0.1, 0.15) is 27.0 Å². The molecular weight excluding hydrogens is 620 g/mol. The number of aromatic nitrogens is 2. The number of hydrogen-bond donors (Lipinski definition) is 2. The number of alkyl halides is 3. The molecule has 0 amide bonds. The number of halogens is 3. The minimum atomic E-state index is -4.61. The summed E-state index contributed by atoms with van der Waals surface area (Å²) in [7, 11) is -4.42. The van der Waals surface area contributed by atoms with Crippen molar-refractivity contribution in [3.05, 3.63) is 101 Å². The van der Waals surface area contributed by atoms with E-state index >= 15 is 0 Å². The lowest BCUT2D eigenvalue weighted by atomic mass is 9.98. The average Bonchev–Trinajstić information content (AvgIpc) is 3.56. The summed E-state index contributed by atoms with van der Waals surface area (Å²) in [5.41, 5.74) is 2.50. The highest BCUT2D eigenvalue weighted by Crippen LogP contribution is 2.38. The number of carbonyl (C=O) groups excluding carboxylic acids is 1. The lowest BCUT2D eigenvalue weighted by Crippen LogP contribution is -2.14. The van der Waals surface area contributed by atoms with Crippen LogP contribution in [0.4, 0.5) is 13.2 Å². The molecule has 0 unspecified atom stereocenters. The monoisotopic (exact) mass is 641 g/mol. The molecular formula is C30H22F3N3O4S3. The molecule has 0 aliphatic carbocycles. The molecule has 220 valence electrons. The number of ketones is 1. The molecule has 6 rings (SSSR count). The van der Waals surface area contributed by atoms with Crippen LogP contribution in [0.15, 0.2) is 83.8 Å². The Bertz CT molecular complexity index is 2120. The van der Waals surface area contributed by atoms with Gasteiger partial charge in [0.2, 0.25) is 0 Å². The number of Topliss-reactive ketones (excluding diaryl/α,β-unsaturated/α-hetero) is 1. The van der Waals surface area contributed by atoms with Gasteiger partial charge in [-0.05, 0) is 48.4 Å². The van der Waals surface area contributed by atoms with Gasteiger partial charge in [-0.1, -0.05) is 48.5 Å². The van der Waals surface area contributed by atoms with Crippen molar-refractivity contribution in [2.75, 3.05) is 0 Å². The predicted molar refractivity (Wildman–Crippen MR) is 163 cm³/mol. The Morgan fingerprint density at radius 1 is 0.860 bits per heavy atom. The normalized spacial score (nSPS) is 12.0. The minimum absolute atomic E-state index is 0. The molecule has 2 aromatic heterocycles. The van der Waals surface area contributed by atoms with E-state index in [0.29, 0.717) is 26.4 Å². The molecule has 0 aliphatic rings. The molecule has 0 bridgehead atoms. The van der Waals surface area contributed by atoms with Crippen LogP contribution in [0.25, 0.3) is 41.6 Å². The van der Waals surface area contributed by atoms with Crippen molar-refractivity contribution < 1.29 is 30.9 Å². The summed E-state index contributed by atoms with van der Waals surface area (Å²) in [4.78, 5) is 21.8. The minimum Gasteiger partial charge on any atom is -0.344 e. The Hall–Kier alpha value is -4.01. The van der Waals surface area contributed by atoms with E-state index in [4.69, 9.17) is 4.98 Å². The lowest BCUT2D eigenvalue weighted by molar-refractivity contribution is -0.137. The van der Waals surface area contributed by atoms with Crippen LogP contribution in [-0.2, 0) is 22.7 Å². The van der Waals surface area contributed by atoms with Gasteiger partial charge >= 0.3 is 6.18 Å². The molecule has 0 spiro atoms. The summed E-state index contributed by atoms with van der Waals surface area (Å²) in [6.07, 6.45) is -4.78. The van der Waals surface area contributed by atoms with Crippen LogP contribution in [0, 0.1) is 6.92 Å². The first-order valence-electron chi connectivity index (χ1n) is 12.5. The number of nitrogens with zero attached hydrogens (tertiary/aromatic N) is 2. The smallest absolute Gasteiger partial charge is 0.344 e. The van der Waals surface area contributed by atoms with E-state index in [1.807, 2.05) is 18.2 Å². The summed E-state index contributed by atoms with van der Waals surface area (Å²) in [5, 5.41) is 1.31. The fourth-order valence-electron chi connectivity index (χ4n) is 4.71. The molecule has 0 aliphatic heterocycles. The van der Waals surface area contributed by atoms with E-state index in [2.05, 4.69) is 4.98 Å². The first-order valence-corrected chi connectivity index (χ1v) is 15.5. The zero-order valence-corrected chi connectivity index (χ0v) is 24.8. The largest absolute Gasteiger partial charge is 0.417 e. The van der Waals surface area contributed by atoms with E-state index in [-0.39, 0.29) is 23.0 Å². The summed E-state index contributed by atoms with van der Waals surface area (Å²) in [5.74, 6) is -0.614. The van der Waals surface area contributed by atoms with Gasteiger partial charge in [-0.3, -0.25) is 9.35 Å². The third kappa shape index (κ3) is 5.94. The highest BCUT2D eigenvalue weighted by Gasteiger charge is 2.34. The third-order valence-electron chi connectivity index (χ3n) is 6.70. The summed E-state index contributed by atoms with van der Waals surface area (Å²) < 4.78 is 74.9. The predicted octanol–water partition coefficient (Wildman–Crippen LogP) is 8.40. The van der Waals surface area contributed by atoms with Gasteiger partial charge in [-0.2, -0.15) is 21.6 Å². The number of aryl methyl sites for hydroxylation is 1. The Kier molecular flexibility index (Phi) is 7.96. The number of hydrogen-bond acceptors (Lipinski definition) is 8. The number of carbonyl (C=O) groups is 1. The van der Waals surface area contributed by atoms with E-state index in [1.54, 1.807) is 43.3 Å². The van der Waals surface area contributed by atoms with E-state index in [1.165, 1.54) is 40.9 Å². The van der Waals surface area contributed by atoms with Gasteiger partial charge in [0.05, 0.1) is 26.0 Å². The molecule has 0 saturated carbocycles. The van der Waals surface area contributed by atoms with Crippen LogP contribution in [-0.4, -0.2) is 28.7 Å². The van der Waals surface area contributed by atoms with Gasteiger partial charge in [-0.15, -0.1) is 22.7 Å². The second kappa shape index (κ2) is 11.2. The molecule has 13 heteroatoms. The zero-order valence-electron chi connectivity index (χ0n) is 22.3. The van der Waals surface area contributed by atoms with Gasteiger partial charge < -0.3 is 6.15 Å². The van der Waals surface area contributed by atoms with Crippen LogP contribution < -0.4 is 6.15 Å². The number of fused-ring (bicyclic) bond motifs is 2. The molecule has 2 heterocycles. The van der Waals surface area contributed by atoms with Crippen molar-refractivity contribution in [2.24, 2.45) is 0 Å². The molecule has 43 heavy (non-hydrogen) atoms. The van der Waals surface area contributed by atoms with Crippen LogP contribution in [0.2, 0.25) is 0 Å². The fourth-order valence-corrected chi connectivity index (χ4v) is 8.03. The number of benzene rings is 4. The zero-order chi connectivity index (χ0) is 29.8. The Balaban J connectivity index is 0.00000368. The lowest BCUT2D eigenvalue weighted by Gasteiger charge is -2.11. The molecule has 4 aromatic carbocycles. The highest BCUT2D eigenvalue weighted by molar-refractivity contribution is 7.86. The van der Waals surface area contributed by atoms with Crippen LogP contribution in [0.5, 0.6) is 0 Å². The first kappa shape index (κ1) is 30.4. The summed E-state index contributed by atoms with van der Waals surface area (Å²) in [6.45, 7) is 1.62. The van der Waals surface area contributed by atoms with Crippen molar-refractivity contribution in [3.63, 3.8) is 0 Å². The molecule has 7 nitrogen and oxygen atoms in total. The van der Waals surface area contributed by atoms with Crippen molar-refractivity contribution in [1.29, 1.82) is 0 Å². The Morgan fingerprint density at radius 3 is 2.19 bits per heavy atom. The fraction of sp³-hybridized carbons (Fsp3) is 0.100. The number of thiazole rings is 2. The van der Waals surface area contributed by atoms with E-state index in [9.17, 15) is 30.9 Å². The molecule has 0 radical (unpaired) electrons. The SMILES string of the molecule is Cc1ccc2nc(-c3ccc4nc(-c5ccc(CC(=O)c6ccccc6C(F)(F)F)cc5)sc4c3)sc2c1S(=O)(=O)O.N. The molecule has 0 saturated heterocycles. The Morgan fingerprint density at radius 2 is 1.49 bits per heavy atom. The van der Waals surface area contributed by atoms with Gasteiger partial charge in [0.15, 0.2) is 5.78 Å². The van der Waals surface area contributed by atoms with Gasteiger partial charge in [-0.25, -0.2) is 9.97 Å². The molecule has 4 N–H and O–H groups in total. The maximum absolute atomic E-state index is 13.3. The molecule has 6 aromatic rings. The second-order valence-corrected chi connectivity index (χ2v) is 13.0. The summed E-state index contributed by atoms with van der Waals surface area (Å²) >= 11 is 2.62. The van der Waals surface area contributed by atoms with Gasteiger partial charge in [0, 0.05) is 23.1 Å². The summed E-state index contributed by atoms with van der Waals surface area (Å²) in [6, 6.07) is 20.7. The van der Waals surface area contributed by atoms with Gasteiger partial charge in [0.25, 0.3) is 10.1 Å². The molecule has 0 fully saturated rings. The second-order valence-electron chi connectivity index (χ2n) is 9.60. The van der Waals surface area contributed by atoms with E-state index in [0.717, 1.165) is 32.4 Å². The third-order valence-corrected chi connectivity index (χ3v) is 10.1. The first-order chi connectivity index (χ1) is 19.9. The maximum atomic E-state index is 13.3. The van der Waals surface area contributed by atoms with E-state index < -0.39 is 27.6 Å². The van der Waals surface area contributed by atoms with Crippen molar-refractivity contribution in [2.45, 2.75) is 24.4 Å². The Labute approximate surface area is 252 Å². The van der Waals surface area contributed by atoms with Gasteiger partial charge in [0.1, 0.15) is 14.9 Å². The van der Waals surface area contributed by atoms with Crippen molar-refractivity contribution >= 4 is 59.0 Å². The maximum Gasteiger partial charge on any atom is 0.417 e. The topological polar surface area (TPSA) is 132 Å². The van der Waals surface area contributed by atoms with Crippen LogP contribution >= 0.6 is 22.7 Å². The average molecular weight is 642 g/mol. The molecule has 0 atom stereocenters. The van der Waals surface area contributed by atoms with Crippen molar-refractivity contribution in [3.8, 4) is 21.1 Å².